The highest BCUT2D eigenvalue weighted by Gasteiger charge is 2.17. The number of carbonyl (C=O) groups is 1. The second-order valence-corrected chi connectivity index (χ2v) is 5.85. The smallest absolute Gasteiger partial charge is 0.341 e. The summed E-state index contributed by atoms with van der Waals surface area (Å²) in [6.45, 7) is 2.32. The van der Waals surface area contributed by atoms with Crippen molar-refractivity contribution in [2.24, 2.45) is 0 Å². The largest absolute Gasteiger partial charge is 0.496 e. The number of esters is 1. The van der Waals surface area contributed by atoms with Crippen molar-refractivity contribution in [1.29, 1.82) is 0 Å². The van der Waals surface area contributed by atoms with Crippen molar-refractivity contribution in [1.82, 2.24) is 9.97 Å². The van der Waals surface area contributed by atoms with Crippen LogP contribution in [0.15, 0.2) is 54.9 Å². The number of aromatic nitrogens is 2. The van der Waals surface area contributed by atoms with E-state index in [4.69, 9.17) is 14.2 Å². The number of hydrogen-bond acceptors (Lipinski definition) is 6. The lowest BCUT2D eigenvalue weighted by Gasteiger charge is -2.10. The van der Waals surface area contributed by atoms with Crippen molar-refractivity contribution in [3.8, 4) is 22.8 Å². The first kappa shape index (κ1) is 19.3. The van der Waals surface area contributed by atoms with Crippen LogP contribution in [0.1, 0.15) is 17.3 Å². The van der Waals surface area contributed by atoms with Gasteiger partial charge in [0.05, 0.1) is 26.5 Å². The summed E-state index contributed by atoms with van der Waals surface area (Å²) in [5.74, 6) is 1.48. The summed E-state index contributed by atoms with van der Waals surface area (Å²) < 4.78 is 15.8. The number of carbonyl (C=O) groups excluding carboxylic acids is 1. The Labute approximate surface area is 163 Å². The highest BCUT2D eigenvalue weighted by molar-refractivity contribution is 5.93. The zero-order chi connectivity index (χ0) is 19.9. The normalized spacial score (nSPS) is 10.4. The van der Waals surface area contributed by atoms with E-state index in [0.29, 0.717) is 23.7 Å². The van der Waals surface area contributed by atoms with Crippen LogP contribution in [-0.2, 0) is 4.74 Å². The van der Waals surface area contributed by atoms with E-state index in [0.717, 1.165) is 22.7 Å². The monoisotopic (exact) mass is 380 g/mol. The molecule has 3 aromatic rings. The maximum absolute atomic E-state index is 12.1. The summed E-state index contributed by atoms with van der Waals surface area (Å²) >= 11 is 0. The van der Waals surface area contributed by atoms with Crippen LogP contribution >= 0.6 is 0 Å². The molecule has 0 amide bonds. The molecule has 0 saturated heterocycles. The third kappa shape index (κ3) is 4.27. The Morgan fingerprint density at radius 3 is 2.61 bits per heavy atom. The first-order chi connectivity index (χ1) is 13.7. The van der Waals surface area contributed by atoms with Gasteiger partial charge in [-0.1, -0.05) is 12.1 Å². The molecule has 3 rings (SSSR count). The lowest BCUT2D eigenvalue weighted by Crippen LogP contribution is -2.71. The van der Waals surface area contributed by atoms with E-state index in [1.54, 1.807) is 19.2 Å². The van der Waals surface area contributed by atoms with E-state index in [9.17, 15) is 4.79 Å². The Morgan fingerprint density at radius 2 is 1.86 bits per heavy atom. The molecule has 0 atom stereocenters. The number of benzene rings is 2. The van der Waals surface area contributed by atoms with Crippen LogP contribution in [-0.4, -0.2) is 36.8 Å². The Bertz CT molecular complexity index is 975. The van der Waals surface area contributed by atoms with Gasteiger partial charge in [0.2, 0.25) is 5.82 Å². The Hall–Kier alpha value is -3.45. The van der Waals surface area contributed by atoms with Gasteiger partial charge in [-0.05, 0) is 25.1 Å². The number of quaternary nitrogens is 1. The molecule has 0 spiro atoms. The molecule has 1 heterocycles. The van der Waals surface area contributed by atoms with Crippen molar-refractivity contribution in [3.63, 3.8) is 0 Å². The molecule has 1 aromatic heterocycles. The average Bonchev–Trinajstić information content (AvgIpc) is 2.74. The van der Waals surface area contributed by atoms with Crippen LogP contribution in [0.4, 0.5) is 11.5 Å². The maximum atomic E-state index is 12.1. The molecular formula is C21H22N3O4+. The predicted octanol–water partition coefficient (Wildman–Crippen LogP) is 2.86. The fourth-order valence-corrected chi connectivity index (χ4v) is 2.81. The molecule has 0 fully saturated rings. The highest BCUT2D eigenvalue weighted by atomic mass is 16.5. The van der Waals surface area contributed by atoms with Gasteiger partial charge in [-0.25, -0.2) is 9.78 Å². The number of nitrogens with zero attached hydrogens (tertiary/aromatic N) is 2. The molecule has 2 N–H and O–H groups in total. The van der Waals surface area contributed by atoms with Gasteiger partial charge >= 0.3 is 5.97 Å². The van der Waals surface area contributed by atoms with Crippen LogP contribution in [0.5, 0.6) is 11.5 Å². The number of ether oxygens (including phenoxy) is 3. The van der Waals surface area contributed by atoms with E-state index >= 15 is 0 Å². The average molecular weight is 380 g/mol. The predicted molar refractivity (Wildman–Crippen MR) is 104 cm³/mol. The van der Waals surface area contributed by atoms with Crippen LogP contribution in [0.25, 0.3) is 11.3 Å². The van der Waals surface area contributed by atoms with Crippen molar-refractivity contribution in [2.45, 2.75) is 6.92 Å². The topological polar surface area (TPSA) is 87.2 Å². The number of rotatable bonds is 7. The van der Waals surface area contributed by atoms with Crippen molar-refractivity contribution in [2.75, 3.05) is 20.8 Å². The van der Waals surface area contributed by atoms with E-state index in [-0.39, 0.29) is 0 Å². The fourth-order valence-electron chi connectivity index (χ4n) is 2.81. The molecule has 0 unspecified atom stereocenters. The third-order valence-corrected chi connectivity index (χ3v) is 4.09. The van der Waals surface area contributed by atoms with Gasteiger partial charge in [0.25, 0.3) is 0 Å². The van der Waals surface area contributed by atoms with Crippen LogP contribution < -0.4 is 14.8 Å². The number of para-hydroxylation sites is 1. The van der Waals surface area contributed by atoms with E-state index in [1.165, 1.54) is 13.4 Å². The standard InChI is InChI=1S/C21H21N3O4/c1-4-28-19-10-9-14(11-16(19)21(25)27-3)24-20-12-17(22-13-23-20)15-7-5-6-8-18(15)26-2/h5-13H,4H2,1-3H3,(H,22,23,24)/p+1. The van der Waals surface area contributed by atoms with Crippen molar-refractivity contribution in [3.05, 3.63) is 60.4 Å². The molecule has 7 nitrogen and oxygen atoms in total. The van der Waals surface area contributed by atoms with Crippen LogP contribution in [0, 0.1) is 0 Å². The molecule has 28 heavy (non-hydrogen) atoms. The van der Waals surface area contributed by atoms with Gasteiger partial charge in [0.1, 0.15) is 29.1 Å². The van der Waals surface area contributed by atoms with Gasteiger partial charge in [0, 0.05) is 23.8 Å². The Balaban J connectivity index is 1.91. The zero-order valence-electron chi connectivity index (χ0n) is 16.0. The first-order valence-corrected chi connectivity index (χ1v) is 8.81. The summed E-state index contributed by atoms with van der Waals surface area (Å²) in [5, 5.41) is 1.86. The van der Waals surface area contributed by atoms with Crippen LogP contribution in [0.2, 0.25) is 0 Å². The molecule has 7 heteroatoms. The second-order valence-electron chi connectivity index (χ2n) is 5.85. The molecule has 0 aliphatic rings. The van der Waals surface area contributed by atoms with Gasteiger partial charge in [0.15, 0.2) is 0 Å². The molecule has 0 radical (unpaired) electrons. The molecule has 0 bridgehead atoms. The minimum atomic E-state index is -0.448. The zero-order valence-corrected chi connectivity index (χ0v) is 16.0. The van der Waals surface area contributed by atoms with E-state index in [1.807, 2.05) is 48.6 Å². The van der Waals surface area contributed by atoms with Gasteiger partial charge in [-0.2, -0.15) is 4.98 Å². The van der Waals surface area contributed by atoms with E-state index < -0.39 is 5.97 Å². The van der Waals surface area contributed by atoms with Gasteiger partial charge in [-0.3, -0.25) is 5.32 Å². The lowest BCUT2D eigenvalue weighted by molar-refractivity contribution is -0.483. The number of methoxy groups -OCH3 is 2. The summed E-state index contributed by atoms with van der Waals surface area (Å²) in [5.41, 5.74) is 2.80. The minimum Gasteiger partial charge on any atom is -0.496 e. The Morgan fingerprint density at radius 1 is 1.04 bits per heavy atom. The lowest BCUT2D eigenvalue weighted by atomic mass is 10.1. The second kappa shape index (κ2) is 8.96. The molecular weight excluding hydrogens is 358 g/mol. The maximum Gasteiger partial charge on any atom is 0.341 e. The molecule has 0 saturated carbocycles. The van der Waals surface area contributed by atoms with Crippen molar-refractivity contribution >= 4 is 17.5 Å². The van der Waals surface area contributed by atoms with Gasteiger partial charge < -0.3 is 14.2 Å². The molecule has 0 aliphatic heterocycles. The van der Waals surface area contributed by atoms with E-state index in [2.05, 4.69) is 9.97 Å². The summed E-state index contributed by atoms with van der Waals surface area (Å²) in [4.78, 5) is 20.7. The molecule has 2 aromatic carbocycles. The van der Waals surface area contributed by atoms with Gasteiger partial charge in [-0.15, -0.1) is 0 Å². The molecule has 144 valence electrons. The summed E-state index contributed by atoms with van der Waals surface area (Å²) in [7, 11) is 2.97. The summed E-state index contributed by atoms with van der Waals surface area (Å²) in [6.07, 6.45) is 1.50. The number of hydrogen-bond donors (Lipinski definition) is 1. The number of nitrogens with two attached hydrogens (primary N) is 1. The Kier molecular flexibility index (Phi) is 6.18. The summed E-state index contributed by atoms with van der Waals surface area (Å²) in [6, 6.07) is 14.9. The highest BCUT2D eigenvalue weighted by Crippen LogP contribution is 2.28. The quantitative estimate of drug-likeness (QED) is 0.501. The minimum absolute atomic E-state index is 0.372. The third-order valence-electron chi connectivity index (χ3n) is 4.09. The SMILES string of the molecule is CCOc1ccc([NH2+]c2cc(-c3ccccc3OC)ncn2)cc1C(=O)OC. The molecule has 0 aliphatic carbocycles. The van der Waals surface area contributed by atoms with Crippen LogP contribution in [0.3, 0.4) is 0 Å². The van der Waals surface area contributed by atoms with Crippen molar-refractivity contribution < 1.29 is 24.3 Å². The first-order valence-electron chi connectivity index (χ1n) is 8.81. The fraction of sp³-hybridized carbons (Fsp3) is 0.190.